The van der Waals surface area contributed by atoms with Crippen molar-refractivity contribution in [2.24, 2.45) is 0 Å². The van der Waals surface area contributed by atoms with E-state index in [0.717, 1.165) is 11.1 Å². The van der Waals surface area contributed by atoms with Crippen molar-refractivity contribution in [2.45, 2.75) is 0 Å². The summed E-state index contributed by atoms with van der Waals surface area (Å²) in [5.74, 6) is -0.101. The Balaban J connectivity index is 1.55. The Morgan fingerprint density at radius 3 is 1.85 bits per heavy atom. The number of carbonyl (C=O) groups is 1. The van der Waals surface area contributed by atoms with E-state index in [4.69, 9.17) is 0 Å². The van der Waals surface area contributed by atoms with Crippen LogP contribution in [0.15, 0.2) is 72.1 Å². The first-order valence-corrected chi connectivity index (χ1v) is 10.3. The fourth-order valence-electron chi connectivity index (χ4n) is 2.81. The van der Waals surface area contributed by atoms with Crippen LogP contribution in [-0.4, -0.2) is 49.7 Å². The third-order valence-electron chi connectivity index (χ3n) is 4.36. The maximum absolute atomic E-state index is 12.5. The first-order chi connectivity index (χ1) is 13.0. The van der Waals surface area contributed by atoms with Crippen LogP contribution in [0.3, 0.4) is 0 Å². The molecule has 0 atom stereocenters. The minimum absolute atomic E-state index is 0.101. The van der Waals surface area contributed by atoms with Crippen molar-refractivity contribution in [2.75, 3.05) is 26.2 Å². The fourth-order valence-corrected chi connectivity index (χ4v) is 3.99. The molecule has 0 aromatic heterocycles. The Kier molecular flexibility index (Phi) is 6.21. The average molecular weight is 382 g/mol. The third-order valence-corrected chi connectivity index (χ3v) is 5.93. The Morgan fingerprint density at radius 2 is 1.30 bits per heavy atom. The normalized spacial score (nSPS) is 16.2. The van der Waals surface area contributed by atoms with Crippen molar-refractivity contribution in [3.8, 4) is 0 Å². The number of hydrogen-bond acceptors (Lipinski definition) is 3. The molecule has 5 nitrogen and oxygen atoms in total. The predicted molar refractivity (Wildman–Crippen MR) is 108 cm³/mol. The van der Waals surface area contributed by atoms with Crippen molar-refractivity contribution >= 4 is 28.1 Å². The number of carbonyl (C=O) groups excluding carboxylic acids is 1. The molecular formula is C21H22N2O3S. The van der Waals surface area contributed by atoms with Crippen molar-refractivity contribution in [3.63, 3.8) is 0 Å². The largest absolute Gasteiger partial charge is 0.337 e. The van der Waals surface area contributed by atoms with E-state index in [2.05, 4.69) is 0 Å². The van der Waals surface area contributed by atoms with Gasteiger partial charge in [0.25, 0.3) is 0 Å². The van der Waals surface area contributed by atoms with Gasteiger partial charge in [-0.1, -0.05) is 60.7 Å². The standard InChI is InChI=1S/C21H22N2O3S/c24-21(12-11-19-7-3-1-4-8-19)22-14-16-23(17-15-22)27(25,26)18-13-20-9-5-2-6-10-20/h1-13,18H,14-17H2/b12-11+,18-13+. The maximum atomic E-state index is 12.5. The number of benzene rings is 2. The quantitative estimate of drug-likeness (QED) is 0.747. The molecule has 3 rings (SSSR count). The highest BCUT2D eigenvalue weighted by atomic mass is 32.2. The second kappa shape index (κ2) is 8.79. The number of rotatable bonds is 5. The first-order valence-electron chi connectivity index (χ1n) is 8.80. The van der Waals surface area contributed by atoms with Gasteiger partial charge in [0.1, 0.15) is 0 Å². The molecule has 1 aliphatic heterocycles. The molecule has 0 saturated carbocycles. The second-order valence-corrected chi connectivity index (χ2v) is 8.05. The van der Waals surface area contributed by atoms with Crippen LogP contribution in [0.2, 0.25) is 0 Å². The number of piperazine rings is 1. The minimum Gasteiger partial charge on any atom is -0.337 e. The van der Waals surface area contributed by atoms with E-state index in [1.807, 2.05) is 60.7 Å². The summed E-state index contributed by atoms with van der Waals surface area (Å²) in [6.07, 6.45) is 4.90. The number of sulfonamides is 1. The van der Waals surface area contributed by atoms with Crippen LogP contribution in [0.4, 0.5) is 0 Å². The van der Waals surface area contributed by atoms with Crippen molar-refractivity contribution in [3.05, 3.63) is 83.3 Å². The SMILES string of the molecule is O=C(/C=C/c1ccccc1)N1CCN(S(=O)(=O)/C=C/c2ccccc2)CC1. The summed E-state index contributed by atoms with van der Waals surface area (Å²) in [6.45, 7) is 1.37. The van der Waals surface area contributed by atoms with E-state index in [0.29, 0.717) is 26.2 Å². The highest BCUT2D eigenvalue weighted by Gasteiger charge is 2.26. The van der Waals surface area contributed by atoms with E-state index in [1.165, 1.54) is 15.8 Å². The lowest BCUT2D eigenvalue weighted by atomic mass is 10.2. The zero-order chi connectivity index (χ0) is 19.1. The lowest BCUT2D eigenvalue weighted by molar-refractivity contribution is -0.127. The molecule has 1 aliphatic rings. The molecule has 2 aromatic rings. The van der Waals surface area contributed by atoms with Gasteiger partial charge in [0.2, 0.25) is 15.9 Å². The molecule has 0 N–H and O–H groups in total. The van der Waals surface area contributed by atoms with E-state index < -0.39 is 10.0 Å². The van der Waals surface area contributed by atoms with Gasteiger partial charge in [-0.15, -0.1) is 0 Å². The third kappa shape index (κ3) is 5.39. The van der Waals surface area contributed by atoms with Crippen LogP contribution in [0.1, 0.15) is 11.1 Å². The zero-order valence-electron chi connectivity index (χ0n) is 14.9. The van der Waals surface area contributed by atoms with Gasteiger partial charge in [0.05, 0.1) is 0 Å². The van der Waals surface area contributed by atoms with Gasteiger partial charge in [-0.25, -0.2) is 8.42 Å². The highest BCUT2D eigenvalue weighted by Crippen LogP contribution is 2.12. The van der Waals surface area contributed by atoms with Crippen molar-refractivity contribution < 1.29 is 13.2 Å². The number of amides is 1. The molecule has 0 aliphatic carbocycles. The predicted octanol–water partition coefficient (Wildman–Crippen LogP) is 2.84. The summed E-state index contributed by atoms with van der Waals surface area (Å²) < 4.78 is 26.3. The Bertz CT molecular complexity index is 914. The molecule has 1 fully saturated rings. The lowest BCUT2D eigenvalue weighted by Crippen LogP contribution is -2.49. The summed E-state index contributed by atoms with van der Waals surface area (Å²) in [7, 11) is -3.49. The average Bonchev–Trinajstić information content (AvgIpc) is 2.72. The zero-order valence-corrected chi connectivity index (χ0v) is 15.8. The van der Waals surface area contributed by atoms with Crippen LogP contribution in [0, 0.1) is 0 Å². The molecule has 0 bridgehead atoms. The molecule has 0 spiro atoms. The second-order valence-electron chi connectivity index (χ2n) is 6.23. The number of nitrogens with zero attached hydrogens (tertiary/aromatic N) is 2. The molecule has 0 unspecified atom stereocenters. The number of hydrogen-bond donors (Lipinski definition) is 0. The van der Waals surface area contributed by atoms with Crippen LogP contribution in [0.25, 0.3) is 12.2 Å². The van der Waals surface area contributed by atoms with E-state index in [9.17, 15) is 13.2 Å². The smallest absolute Gasteiger partial charge is 0.246 e. The summed E-state index contributed by atoms with van der Waals surface area (Å²) in [5, 5.41) is 1.23. The van der Waals surface area contributed by atoms with Gasteiger partial charge in [-0.05, 0) is 23.3 Å². The Labute approximate surface area is 160 Å². The van der Waals surface area contributed by atoms with Gasteiger partial charge in [-0.2, -0.15) is 4.31 Å². The van der Waals surface area contributed by atoms with Crippen LogP contribution in [-0.2, 0) is 14.8 Å². The molecule has 2 aromatic carbocycles. The Hall–Kier alpha value is -2.70. The summed E-state index contributed by atoms with van der Waals surface area (Å²) >= 11 is 0. The van der Waals surface area contributed by atoms with E-state index >= 15 is 0 Å². The van der Waals surface area contributed by atoms with Crippen LogP contribution >= 0.6 is 0 Å². The summed E-state index contributed by atoms with van der Waals surface area (Å²) in [4.78, 5) is 14.0. The molecule has 6 heteroatoms. The van der Waals surface area contributed by atoms with E-state index in [1.54, 1.807) is 17.1 Å². The molecule has 27 heavy (non-hydrogen) atoms. The van der Waals surface area contributed by atoms with Crippen LogP contribution in [0.5, 0.6) is 0 Å². The summed E-state index contributed by atoms with van der Waals surface area (Å²) in [6, 6.07) is 18.9. The van der Waals surface area contributed by atoms with Gasteiger partial charge < -0.3 is 4.90 Å². The van der Waals surface area contributed by atoms with E-state index in [-0.39, 0.29) is 5.91 Å². The monoisotopic (exact) mass is 382 g/mol. The van der Waals surface area contributed by atoms with Crippen molar-refractivity contribution in [1.82, 2.24) is 9.21 Å². The topological polar surface area (TPSA) is 57.7 Å². The van der Waals surface area contributed by atoms with Gasteiger partial charge in [0, 0.05) is 37.7 Å². The summed E-state index contributed by atoms with van der Waals surface area (Å²) in [5.41, 5.74) is 1.79. The minimum atomic E-state index is -3.49. The fraction of sp³-hybridized carbons (Fsp3) is 0.190. The maximum Gasteiger partial charge on any atom is 0.246 e. The van der Waals surface area contributed by atoms with Gasteiger partial charge in [-0.3, -0.25) is 4.79 Å². The van der Waals surface area contributed by atoms with Gasteiger partial charge in [0.15, 0.2) is 0 Å². The lowest BCUT2D eigenvalue weighted by Gasteiger charge is -2.32. The van der Waals surface area contributed by atoms with Crippen molar-refractivity contribution in [1.29, 1.82) is 0 Å². The van der Waals surface area contributed by atoms with Gasteiger partial charge >= 0.3 is 0 Å². The first kappa shape index (κ1) is 19.1. The van der Waals surface area contributed by atoms with Crippen LogP contribution < -0.4 is 0 Å². The molecular weight excluding hydrogens is 360 g/mol. The molecule has 1 saturated heterocycles. The molecule has 1 heterocycles. The Morgan fingerprint density at radius 1 is 0.778 bits per heavy atom. The highest BCUT2D eigenvalue weighted by molar-refractivity contribution is 7.92. The molecule has 140 valence electrons. The molecule has 1 amide bonds. The molecule has 0 radical (unpaired) electrons.